The van der Waals surface area contributed by atoms with E-state index in [1.165, 1.54) is 37.5 Å². The van der Waals surface area contributed by atoms with Gasteiger partial charge in [0.15, 0.2) is 0 Å². The molecule has 0 N–H and O–H groups in total. The number of rotatable bonds is 9. The molecule has 0 fully saturated rings. The van der Waals surface area contributed by atoms with Crippen LogP contribution in [0.5, 0.6) is 5.88 Å². The third-order valence-corrected chi connectivity index (χ3v) is 5.11. The number of halogens is 3. The highest BCUT2D eigenvalue weighted by molar-refractivity contribution is 5.86. The summed E-state index contributed by atoms with van der Waals surface area (Å²) >= 11 is 0. The molecule has 0 aliphatic carbocycles. The maximum atomic E-state index is 13.2. The van der Waals surface area contributed by atoms with Crippen molar-refractivity contribution in [2.24, 2.45) is 0 Å². The van der Waals surface area contributed by atoms with Crippen molar-refractivity contribution < 1.29 is 27.4 Å². The lowest BCUT2D eigenvalue weighted by molar-refractivity contribution is -0.138. The highest BCUT2D eigenvalue weighted by atomic mass is 19.4. The second-order valence-electron chi connectivity index (χ2n) is 7.60. The van der Waals surface area contributed by atoms with Gasteiger partial charge in [0.2, 0.25) is 5.88 Å². The quantitative estimate of drug-likeness (QED) is 0.234. The Hall–Kier alpha value is -4.13. The number of aromatic nitrogens is 3. The number of methoxy groups -OCH3 is 1. The van der Waals surface area contributed by atoms with E-state index in [1.807, 2.05) is 19.2 Å². The van der Waals surface area contributed by atoms with Crippen molar-refractivity contribution in [2.45, 2.75) is 31.9 Å². The van der Waals surface area contributed by atoms with E-state index in [-0.39, 0.29) is 25.0 Å². The maximum absolute atomic E-state index is 13.2. The van der Waals surface area contributed by atoms with Crippen molar-refractivity contribution in [3.05, 3.63) is 77.5 Å². The molecule has 0 radical (unpaired) electrons. The van der Waals surface area contributed by atoms with E-state index < -0.39 is 23.6 Å². The number of carbonyl (C=O) groups is 1. The van der Waals surface area contributed by atoms with Crippen LogP contribution in [0.3, 0.4) is 0 Å². The van der Waals surface area contributed by atoms with Crippen LogP contribution in [-0.4, -0.2) is 34.2 Å². The van der Waals surface area contributed by atoms with Crippen molar-refractivity contribution in [1.29, 1.82) is 5.26 Å². The van der Waals surface area contributed by atoms with Crippen LogP contribution in [-0.2, 0) is 15.7 Å². The molecule has 0 amide bonds. The molecule has 182 valence electrons. The first-order valence-corrected chi connectivity index (χ1v) is 10.7. The molecule has 0 saturated carbocycles. The summed E-state index contributed by atoms with van der Waals surface area (Å²) in [6, 6.07) is 10.4. The summed E-state index contributed by atoms with van der Waals surface area (Å²) in [5.41, 5.74) is 1.08. The number of ether oxygens (including phenoxy) is 2. The predicted molar refractivity (Wildman–Crippen MR) is 122 cm³/mol. The van der Waals surface area contributed by atoms with E-state index in [0.29, 0.717) is 17.3 Å². The molecular weight excluding hydrogens is 461 g/mol. The molecule has 10 heteroatoms. The van der Waals surface area contributed by atoms with E-state index in [9.17, 15) is 23.2 Å². The van der Waals surface area contributed by atoms with Gasteiger partial charge < -0.3 is 14.0 Å². The number of carbonyl (C=O) groups excluding carboxylic acids is 1. The Kier molecular flexibility index (Phi) is 8.25. The van der Waals surface area contributed by atoms with Crippen molar-refractivity contribution in [3.8, 4) is 17.6 Å². The minimum absolute atomic E-state index is 0.0365. The summed E-state index contributed by atoms with van der Waals surface area (Å²) in [7, 11) is 1.49. The van der Waals surface area contributed by atoms with Gasteiger partial charge in [0.25, 0.3) is 0 Å². The third kappa shape index (κ3) is 6.69. The summed E-state index contributed by atoms with van der Waals surface area (Å²) in [4.78, 5) is 20.6. The van der Waals surface area contributed by atoms with E-state index in [1.54, 1.807) is 23.0 Å². The summed E-state index contributed by atoms with van der Waals surface area (Å²) in [6.07, 6.45) is 1.93. The van der Waals surface area contributed by atoms with Gasteiger partial charge in [0.05, 0.1) is 49.0 Å². The second-order valence-corrected chi connectivity index (χ2v) is 7.60. The van der Waals surface area contributed by atoms with Gasteiger partial charge in [-0.25, -0.2) is 14.8 Å². The lowest BCUT2D eigenvalue weighted by Crippen LogP contribution is -2.12. The SMILES string of the molecule is COc1nc(C=CC(=O)OCCCC(C#N)c2ccccc2C(F)(F)F)ccc1-n1cnc(C)c1. The zero-order valence-corrected chi connectivity index (χ0v) is 19.1. The second kappa shape index (κ2) is 11.3. The monoisotopic (exact) mass is 484 g/mol. The number of hydrogen-bond acceptors (Lipinski definition) is 6. The van der Waals surface area contributed by atoms with Crippen LogP contribution < -0.4 is 4.74 Å². The molecular formula is C25H23F3N4O3. The van der Waals surface area contributed by atoms with E-state index in [2.05, 4.69) is 9.97 Å². The van der Waals surface area contributed by atoms with Crippen molar-refractivity contribution in [2.75, 3.05) is 13.7 Å². The Morgan fingerprint density at radius 1 is 1.26 bits per heavy atom. The van der Waals surface area contributed by atoms with Crippen LogP contribution in [0.25, 0.3) is 11.8 Å². The third-order valence-electron chi connectivity index (χ3n) is 5.11. The molecule has 7 nitrogen and oxygen atoms in total. The molecule has 2 aromatic heterocycles. The number of imidazole rings is 1. The summed E-state index contributed by atoms with van der Waals surface area (Å²) in [5.74, 6) is -1.25. The van der Waals surface area contributed by atoms with Gasteiger partial charge in [-0.3, -0.25) is 0 Å². The van der Waals surface area contributed by atoms with E-state index in [0.717, 1.165) is 11.8 Å². The highest BCUT2D eigenvalue weighted by Crippen LogP contribution is 2.36. The molecule has 0 saturated heterocycles. The molecule has 0 bridgehead atoms. The molecule has 3 aromatic rings. The van der Waals surface area contributed by atoms with E-state index in [4.69, 9.17) is 9.47 Å². The summed E-state index contributed by atoms with van der Waals surface area (Å²) in [5, 5.41) is 9.37. The number of esters is 1. The molecule has 0 aliphatic heterocycles. The van der Waals surface area contributed by atoms with Crippen LogP contribution in [0.4, 0.5) is 13.2 Å². The molecule has 2 heterocycles. The van der Waals surface area contributed by atoms with Gasteiger partial charge >= 0.3 is 12.1 Å². The first-order chi connectivity index (χ1) is 16.7. The smallest absolute Gasteiger partial charge is 0.416 e. The molecule has 1 aromatic carbocycles. The zero-order chi connectivity index (χ0) is 25.4. The Bertz CT molecular complexity index is 1250. The van der Waals surface area contributed by atoms with Gasteiger partial charge in [0, 0.05) is 12.3 Å². The van der Waals surface area contributed by atoms with Gasteiger partial charge in [0.1, 0.15) is 5.69 Å². The van der Waals surface area contributed by atoms with Gasteiger partial charge in [-0.15, -0.1) is 0 Å². The van der Waals surface area contributed by atoms with Gasteiger partial charge in [-0.1, -0.05) is 18.2 Å². The van der Waals surface area contributed by atoms with Crippen LogP contribution >= 0.6 is 0 Å². The van der Waals surface area contributed by atoms with E-state index >= 15 is 0 Å². The Balaban J connectivity index is 1.54. The number of benzene rings is 1. The fourth-order valence-electron chi connectivity index (χ4n) is 3.45. The Morgan fingerprint density at radius 3 is 2.69 bits per heavy atom. The fourth-order valence-corrected chi connectivity index (χ4v) is 3.45. The zero-order valence-electron chi connectivity index (χ0n) is 19.1. The molecule has 0 spiro atoms. The molecule has 3 rings (SSSR count). The standard InChI is InChI=1S/C25H23F3N4O3/c1-17-15-32(16-30-17)22-11-9-19(31-24(22)34-2)10-12-23(33)35-13-5-6-18(14-29)20-7-3-4-8-21(20)25(26,27)28/h3-4,7-12,15-16,18H,5-6,13H2,1-2H3. The number of nitrogens with zero attached hydrogens (tertiary/aromatic N) is 4. The van der Waals surface area contributed by atoms with Gasteiger partial charge in [-0.05, 0) is 49.6 Å². The van der Waals surface area contributed by atoms with Crippen LogP contribution in [0.15, 0.2) is 55.0 Å². The average molecular weight is 484 g/mol. The summed E-state index contributed by atoms with van der Waals surface area (Å²) in [6.45, 7) is 1.83. The minimum atomic E-state index is -4.55. The Morgan fingerprint density at radius 2 is 2.03 bits per heavy atom. The molecule has 35 heavy (non-hydrogen) atoms. The van der Waals surface area contributed by atoms with Gasteiger partial charge in [-0.2, -0.15) is 18.4 Å². The van der Waals surface area contributed by atoms with Crippen LogP contribution in [0.1, 0.15) is 41.3 Å². The number of hydrogen-bond donors (Lipinski definition) is 0. The first kappa shape index (κ1) is 25.5. The van der Waals surface area contributed by atoms with Crippen molar-refractivity contribution in [1.82, 2.24) is 14.5 Å². The molecule has 0 aliphatic rings. The summed E-state index contributed by atoms with van der Waals surface area (Å²) < 4.78 is 51.9. The normalized spacial score (nSPS) is 12.3. The molecule has 1 atom stereocenters. The largest absolute Gasteiger partial charge is 0.479 e. The highest BCUT2D eigenvalue weighted by Gasteiger charge is 2.34. The number of pyridine rings is 1. The van der Waals surface area contributed by atoms with Crippen LogP contribution in [0, 0.1) is 18.3 Å². The maximum Gasteiger partial charge on any atom is 0.416 e. The first-order valence-electron chi connectivity index (χ1n) is 10.7. The lowest BCUT2D eigenvalue weighted by Gasteiger charge is -2.16. The average Bonchev–Trinajstić information content (AvgIpc) is 3.28. The van der Waals surface area contributed by atoms with Crippen molar-refractivity contribution >= 4 is 12.0 Å². The number of alkyl halides is 3. The number of aryl methyl sites for hydroxylation is 1. The minimum Gasteiger partial charge on any atom is -0.479 e. The topological polar surface area (TPSA) is 90.0 Å². The number of nitriles is 1. The lowest BCUT2D eigenvalue weighted by atomic mass is 9.91. The Labute approximate surface area is 200 Å². The predicted octanol–water partition coefficient (Wildman–Crippen LogP) is 5.25. The molecule has 1 unspecified atom stereocenters. The van der Waals surface area contributed by atoms with Crippen molar-refractivity contribution in [3.63, 3.8) is 0 Å². The van der Waals surface area contributed by atoms with Crippen LogP contribution in [0.2, 0.25) is 0 Å². The fraction of sp³-hybridized carbons (Fsp3) is 0.280.